The largest absolute Gasteiger partial charge is 0.494 e. The number of hydrogen-bond acceptors (Lipinski definition) is 3. The van der Waals surface area contributed by atoms with Gasteiger partial charge in [0.2, 0.25) is 5.91 Å². The number of carbonyl (C=O) groups is 2. The molecule has 6 nitrogen and oxygen atoms in total. The van der Waals surface area contributed by atoms with Gasteiger partial charge in [0.25, 0.3) is 0 Å². The zero-order chi connectivity index (χ0) is 22.1. The summed E-state index contributed by atoms with van der Waals surface area (Å²) in [4.78, 5) is 26.9. The lowest BCUT2D eigenvalue weighted by molar-refractivity contribution is -0.132. The first-order chi connectivity index (χ1) is 15.0. The minimum absolute atomic E-state index is 0.167. The monoisotopic (exact) mass is 423 g/mol. The van der Waals surface area contributed by atoms with Crippen molar-refractivity contribution in [3.8, 4) is 5.75 Å². The van der Waals surface area contributed by atoms with Gasteiger partial charge in [-0.25, -0.2) is 4.79 Å². The molecule has 31 heavy (non-hydrogen) atoms. The molecule has 1 heterocycles. The molecule has 0 bridgehead atoms. The number of para-hydroxylation sites is 1. The van der Waals surface area contributed by atoms with Gasteiger partial charge in [0.1, 0.15) is 5.75 Å². The topological polar surface area (TPSA) is 70.7 Å². The molecule has 1 aliphatic heterocycles. The second-order valence-electron chi connectivity index (χ2n) is 8.09. The number of benzene rings is 2. The molecule has 2 N–H and O–H groups in total. The van der Waals surface area contributed by atoms with Gasteiger partial charge in [0.15, 0.2) is 0 Å². The first-order valence-corrected chi connectivity index (χ1v) is 11.1. The number of carbonyl (C=O) groups excluding carboxylic acids is 2. The highest BCUT2D eigenvalue weighted by atomic mass is 16.5. The quantitative estimate of drug-likeness (QED) is 0.662. The molecule has 0 spiro atoms. The summed E-state index contributed by atoms with van der Waals surface area (Å²) in [7, 11) is 0. The molecule has 166 valence electrons. The molecular formula is C25H33N3O3. The van der Waals surface area contributed by atoms with E-state index in [-0.39, 0.29) is 17.9 Å². The van der Waals surface area contributed by atoms with E-state index in [2.05, 4.69) is 10.6 Å². The number of urea groups is 1. The van der Waals surface area contributed by atoms with Gasteiger partial charge in [-0.15, -0.1) is 0 Å². The highest BCUT2D eigenvalue weighted by Gasteiger charge is 2.24. The highest BCUT2D eigenvalue weighted by molar-refractivity contribution is 5.89. The Hall–Kier alpha value is -3.02. The van der Waals surface area contributed by atoms with Crippen molar-refractivity contribution in [2.45, 2.75) is 39.5 Å². The van der Waals surface area contributed by atoms with Crippen molar-refractivity contribution < 1.29 is 14.3 Å². The van der Waals surface area contributed by atoms with Crippen molar-refractivity contribution in [1.82, 2.24) is 10.2 Å². The Morgan fingerprint density at radius 2 is 1.90 bits per heavy atom. The van der Waals surface area contributed by atoms with E-state index in [1.54, 1.807) is 0 Å². The summed E-state index contributed by atoms with van der Waals surface area (Å²) in [6, 6.07) is 15.4. The lowest BCUT2D eigenvalue weighted by atomic mass is 9.97. The van der Waals surface area contributed by atoms with E-state index >= 15 is 0 Å². The summed E-state index contributed by atoms with van der Waals surface area (Å²) in [6.45, 7) is 6.63. The average molecular weight is 424 g/mol. The third kappa shape index (κ3) is 7.02. The van der Waals surface area contributed by atoms with Crippen LogP contribution in [0.1, 0.15) is 37.3 Å². The van der Waals surface area contributed by atoms with Crippen molar-refractivity contribution >= 4 is 17.6 Å². The third-order valence-corrected chi connectivity index (χ3v) is 5.61. The second-order valence-corrected chi connectivity index (χ2v) is 8.09. The summed E-state index contributed by atoms with van der Waals surface area (Å²) < 4.78 is 5.66. The molecule has 6 heteroatoms. The molecule has 3 rings (SSSR count). The Morgan fingerprint density at radius 3 is 2.68 bits per heavy atom. The van der Waals surface area contributed by atoms with Gasteiger partial charge in [0, 0.05) is 31.7 Å². The number of anilines is 1. The molecule has 1 atom stereocenters. The molecule has 0 radical (unpaired) electrons. The minimum atomic E-state index is -0.208. The molecule has 1 fully saturated rings. The summed E-state index contributed by atoms with van der Waals surface area (Å²) in [5.41, 5.74) is 3.00. The normalized spacial score (nSPS) is 15.9. The number of likely N-dealkylation sites (tertiary alicyclic amines) is 1. The van der Waals surface area contributed by atoms with Crippen LogP contribution in [-0.2, 0) is 11.2 Å². The molecule has 2 aromatic carbocycles. The Bertz CT molecular complexity index is 867. The lowest BCUT2D eigenvalue weighted by Crippen LogP contribution is -2.44. The zero-order valence-electron chi connectivity index (χ0n) is 18.5. The van der Waals surface area contributed by atoms with Gasteiger partial charge >= 0.3 is 6.03 Å². The molecule has 0 saturated carbocycles. The standard InChI is InChI=1S/C25H33N3O3/c1-3-31-23-9-5-4-8-21(23)12-15-24(29)28-16-6-7-20(18-28)17-26-25(30)27-22-13-10-19(2)11-14-22/h4-5,8-11,13-14,20H,3,6-7,12,15-18H2,1-2H3,(H2,26,27,30)/t20-/m1/s1. The average Bonchev–Trinajstić information content (AvgIpc) is 2.79. The van der Waals surface area contributed by atoms with Crippen LogP contribution >= 0.6 is 0 Å². The van der Waals surface area contributed by atoms with Crippen molar-refractivity contribution in [2.24, 2.45) is 5.92 Å². The molecule has 1 aliphatic rings. The predicted molar refractivity (Wildman–Crippen MR) is 123 cm³/mol. The van der Waals surface area contributed by atoms with Crippen molar-refractivity contribution in [2.75, 3.05) is 31.6 Å². The number of piperidine rings is 1. The molecule has 1 saturated heterocycles. The third-order valence-electron chi connectivity index (χ3n) is 5.61. The van der Waals surface area contributed by atoms with E-state index in [9.17, 15) is 9.59 Å². The van der Waals surface area contributed by atoms with Crippen LogP contribution in [0.3, 0.4) is 0 Å². The van der Waals surface area contributed by atoms with Crippen LogP contribution in [0.25, 0.3) is 0 Å². The van der Waals surface area contributed by atoms with Gasteiger partial charge < -0.3 is 20.3 Å². The first kappa shape index (κ1) is 22.7. The van der Waals surface area contributed by atoms with E-state index in [4.69, 9.17) is 4.74 Å². The Kier molecular flexibility index (Phi) is 8.33. The van der Waals surface area contributed by atoms with Crippen LogP contribution in [0.15, 0.2) is 48.5 Å². The van der Waals surface area contributed by atoms with Crippen LogP contribution in [0.4, 0.5) is 10.5 Å². The van der Waals surface area contributed by atoms with E-state index < -0.39 is 0 Å². The van der Waals surface area contributed by atoms with E-state index in [1.807, 2.05) is 67.3 Å². The lowest BCUT2D eigenvalue weighted by Gasteiger charge is -2.33. The molecule has 0 aliphatic carbocycles. The highest BCUT2D eigenvalue weighted by Crippen LogP contribution is 2.21. The number of nitrogens with zero attached hydrogens (tertiary/aromatic N) is 1. The van der Waals surface area contributed by atoms with Crippen LogP contribution < -0.4 is 15.4 Å². The summed E-state index contributed by atoms with van der Waals surface area (Å²) in [6.07, 6.45) is 3.13. The Morgan fingerprint density at radius 1 is 1.13 bits per heavy atom. The molecular weight excluding hydrogens is 390 g/mol. The predicted octanol–water partition coefficient (Wildman–Crippen LogP) is 4.39. The van der Waals surface area contributed by atoms with E-state index in [1.165, 1.54) is 0 Å². The van der Waals surface area contributed by atoms with Crippen molar-refractivity contribution in [3.63, 3.8) is 0 Å². The van der Waals surface area contributed by atoms with E-state index in [0.717, 1.165) is 42.0 Å². The SMILES string of the molecule is CCOc1ccccc1CCC(=O)N1CCC[C@H](CNC(=O)Nc2ccc(C)cc2)C1. The number of amides is 3. The number of hydrogen-bond donors (Lipinski definition) is 2. The summed E-state index contributed by atoms with van der Waals surface area (Å²) >= 11 is 0. The fraction of sp³-hybridized carbons (Fsp3) is 0.440. The van der Waals surface area contributed by atoms with Gasteiger partial charge in [0.05, 0.1) is 6.61 Å². The molecule has 0 aromatic heterocycles. The van der Waals surface area contributed by atoms with Gasteiger partial charge in [-0.2, -0.15) is 0 Å². The maximum atomic E-state index is 12.8. The summed E-state index contributed by atoms with van der Waals surface area (Å²) in [5.74, 6) is 1.30. The second kappa shape index (κ2) is 11.4. The van der Waals surface area contributed by atoms with Crippen LogP contribution in [0.2, 0.25) is 0 Å². The van der Waals surface area contributed by atoms with E-state index in [0.29, 0.717) is 32.5 Å². The first-order valence-electron chi connectivity index (χ1n) is 11.1. The van der Waals surface area contributed by atoms with Gasteiger partial charge in [-0.05, 0) is 62.8 Å². The molecule has 0 unspecified atom stereocenters. The fourth-order valence-corrected chi connectivity index (χ4v) is 3.91. The maximum Gasteiger partial charge on any atom is 0.319 e. The van der Waals surface area contributed by atoms with Crippen LogP contribution in [-0.4, -0.2) is 43.1 Å². The number of rotatable bonds is 8. The molecule has 2 aromatic rings. The number of aryl methyl sites for hydroxylation is 2. The number of nitrogens with one attached hydrogen (secondary N) is 2. The van der Waals surface area contributed by atoms with Gasteiger partial charge in [-0.3, -0.25) is 4.79 Å². The zero-order valence-corrected chi connectivity index (χ0v) is 18.5. The van der Waals surface area contributed by atoms with Gasteiger partial charge in [-0.1, -0.05) is 35.9 Å². The Balaban J connectivity index is 1.43. The van der Waals surface area contributed by atoms with Crippen molar-refractivity contribution in [3.05, 3.63) is 59.7 Å². The number of ether oxygens (including phenoxy) is 1. The molecule has 3 amide bonds. The fourth-order valence-electron chi connectivity index (χ4n) is 3.91. The minimum Gasteiger partial charge on any atom is -0.494 e. The maximum absolute atomic E-state index is 12.8. The van der Waals surface area contributed by atoms with Crippen LogP contribution in [0, 0.1) is 12.8 Å². The Labute approximate surface area is 185 Å². The summed E-state index contributed by atoms with van der Waals surface area (Å²) in [5, 5.41) is 5.80. The smallest absolute Gasteiger partial charge is 0.319 e. The van der Waals surface area contributed by atoms with Crippen LogP contribution in [0.5, 0.6) is 5.75 Å². The van der Waals surface area contributed by atoms with Crippen molar-refractivity contribution in [1.29, 1.82) is 0 Å².